The average molecular weight is 391 g/mol. The number of fused-ring (bicyclic) bond motifs is 3. The van der Waals surface area contributed by atoms with Gasteiger partial charge in [-0.15, -0.1) is 23.5 Å². The van der Waals surface area contributed by atoms with Crippen LogP contribution in [0.2, 0.25) is 0 Å². The number of hydrogen-bond acceptors (Lipinski definition) is 6. The van der Waals surface area contributed by atoms with E-state index in [4.69, 9.17) is 18.9 Å². The molecule has 0 unspecified atom stereocenters. The second-order valence-electron chi connectivity index (χ2n) is 6.21. The lowest BCUT2D eigenvalue weighted by molar-refractivity contribution is 0.329. The van der Waals surface area contributed by atoms with Crippen LogP contribution in [0, 0.1) is 0 Å². The minimum atomic E-state index is -0.0764. The Hall–Kier alpha value is -1.66. The van der Waals surface area contributed by atoms with E-state index in [1.807, 2.05) is 41.7 Å². The summed E-state index contributed by atoms with van der Waals surface area (Å²) in [7, 11) is 4.97. The van der Waals surface area contributed by atoms with Crippen molar-refractivity contribution in [3.63, 3.8) is 0 Å². The zero-order valence-corrected chi connectivity index (χ0v) is 16.8. The van der Waals surface area contributed by atoms with Crippen molar-refractivity contribution >= 4 is 23.5 Å². The Morgan fingerprint density at radius 2 is 1.65 bits per heavy atom. The highest BCUT2D eigenvalue weighted by Crippen LogP contribution is 2.60. The molecule has 6 heteroatoms. The maximum absolute atomic E-state index is 6.46. The van der Waals surface area contributed by atoms with Crippen molar-refractivity contribution in [2.24, 2.45) is 0 Å². The van der Waals surface area contributed by atoms with Gasteiger partial charge in [0.05, 0.1) is 25.4 Å². The fraction of sp³-hybridized carbons (Fsp3) is 0.400. The zero-order chi connectivity index (χ0) is 18.1. The molecular formula is C20H22O4S2. The zero-order valence-electron chi connectivity index (χ0n) is 15.2. The topological polar surface area (TPSA) is 36.9 Å². The molecule has 1 saturated heterocycles. The predicted molar refractivity (Wildman–Crippen MR) is 108 cm³/mol. The molecule has 4 rings (SSSR count). The molecule has 1 spiro atoms. The molecule has 0 N–H and O–H groups in total. The molecule has 2 aromatic carbocycles. The van der Waals surface area contributed by atoms with Gasteiger partial charge < -0.3 is 18.9 Å². The quantitative estimate of drug-likeness (QED) is 0.727. The highest BCUT2D eigenvalue weighted by Gasteiger charge is 2.42. The first-order valence-corrected chi connectivity index (χ1v) is 10.6. The first-order chi connectivity index (χ1) is 12.7. The second-order valence-corrected chi connectivity index (χ2v) is 9.25. The molecule has 0 aromatic heterocycles. The molecule has 4 nitrogen and oxygen atoms in total. The molecule has 0 amide bonds. The van der Waals surface area contributed by atoms with E-state index in [9.17, 15) is 0 Å². The third kappa shape index (κ3) is 2.79. The van der Waals surface area contributed by atoms with E-state index in [0.717, 1.165) is 40.7 Å². The number of hydrogen-bond donors (Lipinski definition) is 0. The van der Waals surface area contributed by atoms with E-state index >= 15 is 0 Å². The molecule has 0 saturated carbocycles. The monoisotopic (exact) mass is 390 g/mol. The first kappa shape index (κ1) is 17.7. The van der Waals surface area contributed by atoms with Crippen LogP contribution in [0.1, 0.15) is 17.5 Å². The maximum atomic E-state index is 6.46. The van der Waals surface area contributed by atoms with Gasteiger partial charge in [0.1, 0.15) is 0 Å². The van der Waals surface area contributed by atoms with Crippen molar-refractivity contribution in [2.45, 2.75) is 16.9 Å². The van der Waals surface area contributed by atoms with Crippen molar-refractivity contribution in [2.75, 3.05) is 32.8 Å². The Labute approximate surface area is 162 Å². The average Bonchev–Trinajstić information content (AvgIpc) is 2.82. The molecule has 0 radical (unpaired) electrons. The summed E-state index contributed by atoms with van der Waals surface area (Å²) in [5.41, 5.74) is 2.31. The lowest BCUT2D eigenvalue weighted by Gasteiger charge is -2.36. The summed E-state index contributed by atoms with van der Waals surface area (Å²) in [5.74, 6) is 5.83. The smallest absolute Gasteiger partial charge is 0.204 e. The van der Waals surface area contributed by atoms with E-state index in [-0.39, 0.29) is 4.08 Å². The first-order valence-electron chi connectivity index (χ1n) is 8.59. The number of rotatable bonds is 3. The Kier molecular flexibility index (Phi) is 4.88. The van der Waals surface area contributed by atoms with Gasteiger partial charge >= 0.3 is 0 Å². The van der Waals surface area contributed by atoms with Crippen LogP contribution in [0.3, 0.4) is 0 Å². The molecule has 1 fully saturated rings. The minimum Gasteiger partial charge on any atom is -0.493 e. The van der Waals surface area contributed by atoms with E-state index in [1.165, 1.54) is 12.0 Å². The highest BCUT2D eigenvalue weighted by atomic mass is 32.2. The molecule has 2 aliphatic rings. The van der Waals surface area contributed by atoms with E-state index in [2.05, 4.69) is 12.1 Å². The van der Waals surface area contributed by atoms with Crippen LogP contribution in [0.25, 0.3) is 0 Å². The summed E-state index contributed by atoms with van der Waals surface area (Å²) in [6.45, 7) is 0. The third-order valence-electron chi connectivity index (χ3n) is 4.78. The summed E-state index contributed by atoms with van der Waals surface area (Å²) < 4.78 is 23.1. The van der Waals surface area contributed by atoms with Crippen molar-refractivity contribution in [1.29, 1.82) is 0 Å². The number of benzene rings is 2. The third-order valence-corrected chi connectivity index (χ3v) is 8.13. The van der Waals surface area contributed by atoms with E-state index < -0.39 is 0 Å². The second kappa shape index (κ2) is 7.16. The fourth-order valence-electron chi connectivity index (χ4n) is 3.55. The standard InChI is InChI=1S/C20H22O4S2/c1-21-15-7-4-6-14-18(15)24-17-13(8-9-16(22-2)19(17)23-3)12-20(14)25-10-5-11-26-20/h4,6-9H,5,10-12H2,1-3H3. The Morgan fingerprint density at radius 1 is 0.885 bits per heavy atom. The van der Waals surface area contributed by atoms with Gasteiger partial charge in [-0.3, -0.25) is 0 Å². The maximum Gasteiger partial charge on any atom is 0.204 e. The van der Waals surface area contributed by atoms with Crippen LogP contribution in [-0.4, -0.2) is 32.8 Å². The van der Waals surface area contributed by atoms with Gasteiger partial charge in [-0.2, -0.15) is 0 Å². The summed E-state index contributed by atoms with van der Waals surface area (Å²) in [6, 6.07) is 10.2. The Balaban J connectivity index is 1.96. The molecule has 2 aromatic rings. The summed E-state index contributed by atoms with van der Waals surface area (Å²) in [6.07, 6.45) is 2.11. The van der Waals surface area contributed by atoms with Gasteiger partial charge in [0, 0.05) is 17.5 Å². The largest absolute Gasteiger partial charge is 0.493 e. The van der Waals surface area contributed by atoms with E-state index in [0.29, 0.717) is 11.5 Å². The Morgan fingerprint density at radius 3 is 2.35 bits per heavy atom. The van der Waals surface area contributed by atoms with Crippen molar-refractivity contribution in [1.82, 2.24) is 0 Å². The highest BCUT2D eigenvalue weighted by molar-refractivity contribution is 8.18. The van der Waals surface area contributed by atoms with Crippen LogP contribution in [0.4, 0.5) is 0 Å². The lowest BCUT2D eigenvalue weighted by atomic mass is 10.0. The number of para-hydroxylation sites is 1. The molecule has 138 valence electrons. The van der Waals surface area contributed by atoms with Crippen molar-refractivity contribution in [3.05, 3.63) is 41.5 Å². The normalized spacial score (nSPS) is 17.5. The lowest BCUT2D eigenvalue weighted by Crippen LogP contribution is -2.25. The van der Waals surface area contributed by atoms with Gasteiger partial charge in [0.2, 0.25) is 5.75 Å². The van der Waals surface area contributed by atoms with Crippen molar-refractivity contribution < 1.29 is 18.9 Å². The van der Waals surface area contributed by atoms with Crippen LogP contribution in [0.5, 0.6) is 28.7 Å². The molecule has 2 aliphatic heterocycles. The van der Waals surface area contributed by atoms with Crippen LogP contribution in [-0.2, 0) is 10.5 Å². The number of ether oxygens (including phenoxy) is 4. The molecule has 2 heterocycles. The van der Waals surface area contributed by atoms with Gasteiger partial charge in [-0.25, -0.2) is 0 Å². The van der Waals surface area contributed by atoms with Crippen LogP contribution >= 0.6 is 23.5 Å². The van der Waals surface area contributed by atoms with Crippen LogP contribution in [0.15, 0.2) is 30.3 Å². The van der Waals surface area contributed by atoms with Gasteiger partial charge in [0.25, 0.3) is 0 Å². The number of thioether (sulfide) groups is 2. The summed E-state index contributed by atoms with van der Waals surface area (Å²) in [4.78, 5) is 0. The molecular weight excluding hydrogens is 368 g/mol. The predicted octanol–water partition coefficient (Wildman–Crippen LogP) is 5.08. The number of methoxy groups -OCH3 is 3. The molecule has 0 bridgehead atoms. The molecule has 0 atom stereocenters. The SMILES string of the molecule is COc1cccc2c1Oc1c(ccc(OC)c1OC)CC21SCCCS1. The minimum absolute atomic E-state index is 0.0764. The summed E-state index contributed by atoms with van der Waals surface area (Å²) >= 11 is 4.01. The fourth-order valence-corrected chi connectivity index (χ4v) is 6.95. The van der Waals surface area contributed by atoms with Gasteiger partial charge in [0.15, 0.2) is 23.0 Å². The molecule has 26 heavy (non-hydrogen) atoms. The summed E-state index contributed by atoms with van der Waals surface area (Å²) in [5, 5.41) is 0. The van der Waals surface area contributed by atoms with Gasteiger partial charge in [-0.05, 0) is 30.1 Å². The van der Waals surface area contributed by atoms with E-state index in [1.54, 1.807) is 21.3 Å². The molecule has 0 aliphatic carbocycles. The van der Waals surface area contributed by atoms with Crippen LogP contribution < -0.4 is 18.9 Å². The Bertz CT molecular complexity index is 816. The van der Waals surface area contributed by atoms with Crippen molar-refractivity contribution in [3.8, 4) is 28.7 Å². The van der Waals surface area contributed by atoms with Gasteiger partial charge in [-0.1, -0.05) is 18.2 Å².